The molecule has 0 aliphatic heterocycles. The quantitative estimate of drug-likeness (QED) is 0.854. The van der Waals surface area contributed by atoms with Crippen LogP contribution in [0.25, 0.3) is 0 Å². The Balaban J connectivity index is 2.53. The Morgan fingerprint density at radius 2 is 2.12 bits per heavy atom. The summed E-state index contributed by atoms with van der Waals surface area (Å²) in [7, 11) is 0. The maximum absolute atomic E-state index is 11.9. The Hall–Kier alpha value is -0.810. The summed E-state index contributed by atoms with van der Waals surface area (Å²) in [4.78, 5) is 23.5. The highest BCUT2D eigenvalue weighted by atomic mass is 32.2. The highest BCUT2D eigenvalue weighted by molar-refractivity contribution is 8.01. The van der Waals surface area contributed by atoms with Gasteiger partial charge in [0, 0.05) is 17.2 Å². The molecular formula is C12H14O3S2. The minimum atomic E-state index is -0.906. The van der Waals surface area contributed by atoms with Crippen molar-refractivity contribution in [3.63, 3.8) is 0 Å². The lowest BCUT2D eigenvalue weighted by molar-refractivity contribution is 0.0701. The van der Waals surface area contributed by atoms with Gasteiger partial charge in [-0.2, -0.15) is 0 Å². The smallest absolute Gasteiger partial charge is 0.346 e. The summed E-state index contributed by atoms with van der Waals surface area (Å²) >= 11 is 2.85. The lowest BCUT2D eigenvalue weighted by Crippen LogP contribution is -2.12. The fraction of sp³-hybridized carbons (Fsp3) is 0.500. The van der Waals surface area contributed by atoms with E-state index >= 15 is 0 Å². The van der Waals surface area contributed by atoms with Gasteiger partial charge in [0.2, 0.25) is 0 Å². The minimum Gasteiger partial charge on any atom is -0.477 e. The third-order valence-corrected chi connectivity index (χ3v) is 5.06. The monoisotopic (exact) mass is 270 g/mol. The van der Waals surface area contributed by atoms with Crippen LogP contribution in [0.3, 0.4) is 0 Å². The fourth-order valence-corrected chi connectivity index (χ4v) is 4.73. The van der Waals surface area contributed by atoms with Gasteiger partial charge in [0.1, 0.15) is 4.88 Å². The zero-order chi connectivity index (χ0) is 12.6. The standard InChI is InChI=1S/C12H14O3S2/c1-6(2)16-12-9-7(4-3-5-8(9)13)10(17-12)11(14)15/h6H,3-5H2,1-2H3,(H,14,15). The average Bonchev–Trinajstić information content (AvgIpc) is 2.57. The second-order valence-corrected chi connectivity index (χ2v) is 7.19. The van der Waals surface area contributed by atoms with Crippen LogP contribution in [0.15, 0.2) is 4.21 Å². The zero-order valence-corrected chi connectivity index (χ0v) is 11.4. The average molecular weight is 270 g/mol. The number of fused-ring (bicyclic) bond motifs is 1. The number of carbonyl (C=O) groups excluding carboxylic acids is 1. The van der Waals surface area contributed by atoms with Gasteiger partial charge in [-0.1, -0.05) is 13.8 Å². The number of carboxylic acid groups (broad SMARTS) is 1. The molecule has 0 unspecified atom stereocenters. The third-order valence-electron chi connectivity index (χ3n) is 2.62. The van der Waals surface area contributed by atoms with Crippen LogP contribution in [-0.2, 0) is 6.42 Å². The van der Waals surface area contributed by atoms with Gasteiger partial charge in [0.15, 0.2) is 5.78 Å². The lowest BCUT2D eigenvalue weighted by atomic mass is 9.93. The number of aromatic carboxylic acids is 1. The fourth-order valence-electron chi connectivity index (χ4n) is 1.98. The van der Waals surface area contributed by atoms with Crippen LogP contribution >= 0.6 is 23.1 Å². The first kappa shape index (κ1) is 12.6. The Labute approximate surface area is 108 Å². The molecule has 0 amide bonds. The Morgan fingerprint density at radius 3 is 2.71 bits per heavy atom. The van der Waals surface area contributed by atoms with Gasteiger partial charge in [-0.25, -0.2) is 4.79 Å². The first-order valence-electron chi connectivity index (χ1n) is 5.59. The van der Waals surface area contributed by atoms with Gasteiger partial charge in [-0.05, 0) is 18.4 Å². The summed E-state index contributed by atoms with van der Waals surface area (Å²) in [5, 5.41) is 9.52. The molecule has 0 saturated carbocycles. The number of thiophene rings is 1. The molecule has 0 fully saturated rings. The van der Waals surface area contributed by atoms with E-state index in [4.69, 9.17) is 5.11 Å². The number of carbonyl (C=O) groups is 2. The maximum atomic E-state index is 11.9. The van der Waals surface area contributed by atoms with Crippen molar-refractivity contribution in [1.82, 2.24) is 0 Å². The molecule has 0 radical (unpaired) electrons. The van der Waals surface area contributed by atoms with E-state index in [0.29, 0.717) is 22.1 Å². The van der Waals surface area contributed by atoms with E-state index in [-0.39, 0.29) is 5.78 Å². The van der Waals surface area contributed by atoms with E-state index in [9.17, 15) is 9.59 Å². The maximum Gasteiger partial charge on any atom is 0.346 e. The lowest BCUT2D eigenvalue weighted by Gasteiger charge is -2.12. The van der Waals surface area contributed by atoms with Crippen molar-refractivity contribution in [3.8, 4) is 0 Å². The van der Waals surface area contributed by atoms with Crippen LogP contribution in [0.4, 0.5) is 0 Å². The highest BCUT2D eigenvalue weighted by Gasteiger charge is 2.29. The Bertz CT molecular complexity index is 474. The summed E-state index contributed by atoms with van der Waals surface area (Å²) in [5.74, 6) is -0.797. The van der Waals surface area contributed by atoms with Gasteiger partial charge in [-0.15, -0.1) is 23.1 Å². The predicted octanol–water partition coefficient (Wildman–Crippen LogP) is 3.47. The molecule has 3 nitrogen and oxygen atoms in total. The normalized spacial score (nSPS) is 15.1. The molecule has 92 valence electrons. The van der Waals surface area contributed by atoms with Gasteiger partial charge in [0.25, 0.3) is 0 Å². The molecule has 1 aromatic heterocycles. The van der Waals surface area contributed by atoms with Gasteiger partial charge in [0.05, 0.1) is 4.21 Å². The summed E-state index contributed by atoms with van der Waals surface area (Å²) in [5.41, 5.74) is 1.46. The summed E-state index contributed by atoms with van der Waals surface area (Å²) < 4.78 is 0.886. The predicted molar refractivity (Wildman–Crippen MR) is 69.5 cm³/mol. The van der Waals surface area contributed by atoms with E-state index in [1.54, 1.807) is 11.8 Å². The number of hydrogen-bond donors (Lipinski definition) is 1. The van der Waals surface area contributed by atoms with E-state index in [0.717, 1.165) is 22.6 Å². The van der Waals surface area contributed by atoms with Crippen LogP contribution in [0, 0.1) is 0 Å². The second kappa shape index (κ2) is 4.82. The summed E-state index contributed by atoms with van der Waals surface area (Å²) in [6, 6.07) is 0. The zero-order valence-electron chi connectivity index (χ0n) is 9.78. The van der Waals surface area contributed by atoms with E-state index in [1.165, 1.54) is 11.3 Å². The van der Waals surface area contributed by atoms with Gasteiger partial charge >= 0.3 is 5.97 Å². The van der Waals surface area contributed by atoms with Crippen LogP contribution in [0.1, 0.15) is 52.3 Å². The van der Waals surface area contributed by atoms with Crippen molar-refractivity contribution in [2.75, 3.05) is 0 Å². The first-order chi connectivity index (χ1) is 8.00. The van der Waals surface area contributed by atoms with Gasteiger partial charge < -0.3 is 5.11 Å². The molecule has 0 saturated heterocycles. The van der Waals surface area contributed by atoms with Crippen molar-refractivity contribution in [2.45, 2.75) is 42.6 Å². The van der Waals surface area contributed by atoms with Crippen molar-refractivity contribution in [3.05, 3.63) is 16.0 Å². The number of thioether (sulfide) groups is 1. The molecule has 5 heteroatoms. The Morgan fingerprint density at radius 1 is 1.41 bits per heavy atom. The van der Waals surface area contributed by atoms with E-state index < -0.39 is 5.97 Å². The molecule has 17 heavy (non-hydrogen) atoms. The molecule has 1 heterocycles. The molecule has 0 bridgehead atoms. The number of carboxylic acids is 1. The number of rotatable bonds is 3. The third kappa shape index (κ3) is 2.40. The molecule has 1 N–H and O–H groups in total. The van der Waals surface area contributed by atoms with Gasteiger partial charge in [-0.3, -0.25) is 4.79 Å². The summed E-state index contributed by atoms with van der Waals surface area (Å²) in [6.45, 7) is 4.09. The number of hydrogen-bond acceptors (Lipinski definition) is 4. The molecule has 1 aliphatic rings. The second-order valence-electron chi connectivity index (χ2n) is 4.32. The number of ketones is 1. The SMILES string of the molecule is CC(C)Sc1sc(C(=O)O)c2c1C(=O)CCC2. The van der Waals surface area contributed by atoms with Crippen LogP contribution < -0.4 is 0 Å². The van der Waals surface area contributed by atoms with Crippen LogP contribution in [-0.4, -0.2) is 22.1 Å². The molecule has 1 aromatic rings. The van der Waals surface area contributed by atoms with Crippen LogP contribution in [0.5, 0.6) is 0 Å². The molecule has 0 spiro atoms. The largest absolute Gasteiger partial charge is 0.477 e. The first-order valence-corrected chi connectivity index (χ1v) is 7.29. The van der Waals surface area contributed by atoms with Crippen molar-refractivity contribution in [1.29, 1.82) is 0 Å². The topological polar surface area (TPSA) is 54.4 Å². The molecule has 0 atom stereocenters. The van der Waals surface area contributed by atoms with E-state index in [2.05, 4.69) is 0 Å². The Kier molecular flexibility index (Phi) is 3.58. The molecular weight excluding hydrogens is 256 g/mol. The van der Waals surface area contributed by atoms with E-state index in [1.807, 2.05) is 13.8 Å². The van der Waals surface area contributed by atoms with Crippen molar-refractivity contribution < 1.29 is 14.7 Å². The van der Waals surface area contributed by atoms with Crippen molar-refractivity contribution in [2.24, 2.45) is 0 Å². The summed E-state index contributed by atoms with van der Waals surface area (Å²) in [6.07, 6.45) is 2.04. The minimum absolute atomic E-state index is 0.109. The molecule has 0 aromatic carbocycles. The molecule has 2 rings (SSSR count). The highest BCUT2D eigenvalue weighted by Crippen LogP contribution is 2.41. The molecule has 1 aliphatic carbocycles. The number of Topliss-reactive ketones (excluding diaryl/α,β-unsaturated/α-hetero) is 1. The van der Waals surface area contributed by atoms with Crippen molar-refractivity contribution >= 4 is 34.9 Å². The van der Waals surface area contributed by atoms with Crippen LogP contribution in [0.2, 0.25) is 0 Å².